The normalized spacial score (nSPS) is 27.9. The standard InChI is InChI=1S/C19H20BrCl2NO2/c20-19(8-2-1-3-16(19)22)17(24)23-13-18(9-11-25-12-10-18)14-4-6-15(21)7-5-14/h1-8,16H,9-13H2,(H,23,24). The van der Waals surface area contributed by atoms with Crippen molar-refractivity contribution < 1.29 is 9.53 Å². The number of nitrogens with one attached hydrogen (secondary N) is 1. The number of halogens is 3. The summed E-state index contributed by atoms with van der Waals surface area (Å²) in [7, 11) is 0. The van der Waals surface area contributed by atoms with Gasteiger partial charge < -0.3 is 10.1 Å². The summed E-state index contributed by atoms with van der Waals surface area (Å²) in [6, 6.07) is 7.87. The minimum atomic E-state index is -0.921. The SMILES string of the molecule is O=C(NCC1(c2ccc(Cl)cc2)CCOCC1)C1(Br)C=CC=CC1Cl. The van der Waals surface area contributed by atoms with Crippen molar-refractivity contribution >= 4 is 45.0 Å². The second kappa shape index (κ2) is 7.83. The number of carbonyl (C=O) groups is 1. The van der Waals surface area contributed by atoms with Crippen molar-refractivity contribution in [3.63, 3.8) is 0 Å². The van der Waals surface area contributed by atoms with E-state index in [-0.39, 0.29) is 11.3 Å². The van der Waals surface area contributed by atoms with E-state index in [2.05, 4.69) is 21.2 Å². The average Bonchev–Trinajstić information content (AvgIpc) is 2.63. The van der Waals surface area contributed by atoms with Crippen molar-refractivity contribution in [3.05, 3.63) is 59.2 Å². The van der Waals surface area contributed by atoms with Crippen LogP contribution in [0.1, 0.15) is 18.4 Å². The first-order chi connectivity index (χ1) is 12.0. The molecule has 134 valence electrons. The third-order valence-corrected chi connectivity index (χ3v) is 7.10. The van der Waals surface area contributed by atoms with E-state index in [1.165, 1.54) is 5.56 Å². The second-order valence-corrected chi connectivity index (χ2v) is 8.71. The smallest absolute Gasteiger partial charge is 0.242 e. The van der Waals surface area contributed by atoms with Crippen molar-refractivity contribution in [2.75, 3.05) is 19.8 Å². The molecule has 1 N–H and O–H groups in total. The van der Waals surface area contributed by atoms with E-state index in [0.717, 1.165) is 12.8 Å². The van der Waals surface area contributed by atoms with Crippen LogP contribution in [0.2, 0.25) is 5.02 Å². The van der Waals surface area contributed by atoms with Gasteiger partial charge in [-0.3, -0.25) is 4.79 Å². The van der Waals surface area contributed by atoms with Gasteiger partial charge >= 0.3 is 0 Å². The minimum absolute atomic E-state index is 0.132. The zero-order valence-corrected chi connectivity index (χ0v) is 16.8. The Morgan fingerprint density at radius 2 is 1.92 bits per heavy atom. The number of carbonyl (C=O) groups excluding carboxylic acids is 1. The second-order valence-electron chi connectivity index (χ2n) is 6.50. The summed E-state index contributed by atoms with van der Waals surface area (Å²) >= 11 is 15.9. The molecular formula is C19H20BrCl2NO2. The molecule has 1 aliphatic heterocycles. The first-order valence-electron chi connectivity index (χ1n) is 8.27. The molecule has 1 saturated heterocycles. The predicted molar refractivity (Wildman–Crippen MR) is 106 cm³/mol. The predicted octanol–water partition coefficient (Wildman–Crippen LogP) is 4.37. The molecule has 1 heterocycles. The molecule has 2 unspecified atom stereocenters. The fraction of sp³-hybridized carbons (Fsp3) is 0.421. The number of hydrogen-bond acceptors (Lipinski definition) is 2. The highest BCUT2D eigenvalue weighted by Crippen LogP contribution is 2.36. The van der Waals surface area contributed by atoms with Crippen LogP contribution in [0.3, 0.4) is 0 Å². The topological polar surface area (TPSA) is 38.3 Å². The van der Waals surface area contributed by atoms with E-state index in [1.807, 2.05) is 36.4 Å². The van der Waals surface area contributed by atoms with Gasteiger partial charge in [0, 0.05) is 30.2 Å². The van der Waals surface area contributed by atoms with Crippen molar-refractivity contribution in [1.29, 1.82) is 0 Å². The van der Waals surface area contributed by atoms with E-state index in [9.17, 15) is 4.79 Å². The average molecular weight is 445 g/mol. The molecule has 0 bridgehead atoms. The van der Waals surface area contributed by atoms with Crippen LogP contribution in [0.5, 0.6) is 0 Å². The zero-order chi connectivity index (χ0) is 17.9. The maximum atomic E-state index is 12.8. The maximum Gasteiger partial charge on any atom is 0.242 e. The Balaban J connectivity index is 1.77. The molecule has 0 spiro atoms. The summed E-state index contributed by atoms with van der Waals surface area (Å²) in [6.07, 6.45) is 8.97. The van der Waals surface area contributed by atoms with Gasteiger partial charge in [-0.15, -0.1) is 11.6 Å². The summed E-state index contributed by atoms with van der Waals surface area (Å²) in [6.45, 7) is 1.89. The lowest BCUT2D eigenvalue weighted by molar-refractivity contribution is -0.122. The van der Waals surface area contributed by atoms with Crippen LogP contribution in [0.25, 0.3) is 0 Å². The van der Waals surface area contributed by atoms with E-state index < -0.39 is 9.70 Å². The molecule has 2 aliphatic rings. The first-order valence-corrected chi connectivity index (χ1v) is 9.88. The molecule has 0 saturated carbocycles. The van der Waals surface area contributed by atoms with Gasteiger partial charge in [-0.1, -0.05) is 64.0 Å². The quantitative estimate of drug-likeness (QED) is 0.700. The Kier molecular flexibility index (Phi) is 5.94. The molecule has 25 heavy (non-hydrogen) atoms. The van der Waals surface area contributed by atoms with Gasteiger partial charge in [0.25, 0.3) is 0 Å². The molecule has 0 aromatic heterocycles. The van der Waals surface area contributed by atoms with Crippen LogP contribution in [0, 0.1) is 0 Å². The van der Waals surface area contributed by atoms with E-state index in [1.54, 1.807) is 12.2 Å². The third kappa shape index (κ3) is 3.97. The van der Waals surface area contributed by atoms with E-state index in [0.29, 0.717) is 24.8 Å². The Morgan fingerprint density at radius 3 is 2.56 bits per heavy atom. The molecule has 1 fully saturated rings. The number of ether oxygens (including phenoxy) is 1. The molecule has 3 rings (SSSR count). The first kappa shape index (κ1) is 19.0. The summed E-state index contributed by atoms with van der Waals surface area (Å²) < 4.78 is 4.62. The molecular weight excluding hydrogens is 425 g/mol. The Labute approximate surface area is 166 Å². The third-order valence-electron chi connectivity index (χ3n) is 4.97. The van der Waals surface area contributed by atoms with Gasteiger partial charge in [0.2, 0.25) is 5.91 Å². The lowest BCUT2D eigenvalue weighted by Crippen LogP contribution is -2.52. The van der Waals surface area contributed by atoms with Gasteiger partial charge in [0.05, 0.1) is 5.38 Å². The van der Waals surface area contributed by atoms with Gasteiger partial charge in [0.15, 0.2) is 0 Å². The number of amides is 1. The molecule has 1 aliphatic carbocycles. The Morgan fingerprint density at radius 1 is 1.24 bits per heavy atom. The molecule has 1 amide bonds. The van der Waals surface area contributed by atoms with Crippen LogP contribution < -0.4 is 5.32 Å². The highest BCUT2D eigenvalue weighted by Gasteiger charge is 2.42. The van der Waals surface area contributed by atoms with Crippen molar-refractivity contribution in [1.82, 2.24) is 5.32 Å². The molecule has 6 heteroatoms. The molecule has 0 radical (unpaired) electrons. The molecule has 3 nitrogen and oxygen atoms in total. The lowest BCUT2D eigenvalue weighted by atomic mass is 9.74. The highest BCUT2D eigenvalue weighted by molar-refractivity contribution is 9.10. The van der Waals surface area contributed by atoms with Gasteiger partial charge in [-0.2, -0.15) is 0 Å². The number of allylic oxidation sites excluding steroid dienone is 3. The minimum Gasteiger partial charge on any atom is -0.381 e. The maximum absolute atomic E-state index is 12.8. The van der Waals surface area contributed by atoms with Crippen molar-refractivity contribution in [2.45, 2.75) is 28.0 Å². The number of alkyl halides is 2. The number of rotatable bonds is 4. The molecule has 2 atom stereocenters. The Bertz CT molecular complexity index is 683. The van der Waals surface area contributed by atoms with Crippen LogP contribution >= 0.6 is 39.1 Å². The van der Waals surface area contributed by atoms with Crippen LogP contribution in [-0.4, -0.2) is 35.4 Å². The highest BCUT2D eigenvalue weighted by atomic mass is 79.9. The summed E-state index contributed by atoms with van der Waals surface area (Å²) in [4.78, 5) is 12.8. The van der Waals surface area contributed by atoms with Gasteiger partial charge in [-0.05, 0) is 30.5 Å². The van der Waals surface area contributed by atoms with Crippen molar-refractivity contribution in [3.8, 4) is 0 Å². The monoisotopic (exact) mass is 443 g/mol. The summed E-state index contributed by atoms with van der Waals surface area (Å²) in [5.74, 6) is -0.132. The van der Waals surface area contributed by atoms with Gasteiger partial charge in [0.1, 0.15) is 4.32 Å². The number of hydrogen-bond donors (Lipinski definition) is 1. The Hall–Kier alpha value is -0.810. The summed E-state index contributed by atoms with van der Waals surface area (Å²) in [5, 5.41) is 3.38. The molecule has 1 aromatic rings. The number of benzene rings is 1. The largest absolute Gasteiger partial charge is 0.381 e. The van der Waals surface area contributed by atoms with E-state index >= 15 is 0 Å². The van der Waals surface area contributed by atoms with Crippen LogP contribution in [-0.2, 0) is 14.9 Å². The van der Waals surface area contributed by atoms with Crippen LogP contribution in [0.15, 0.2) is 48.6 Å². The van der Waals surface area contributed by atoms with Crippen molar-refractivity contribution in [2.24, 2.45) is 0 Å². The van der Waals surface area contributed by atoms with E-state index in [4.69, 9.17) is 27.9 Å². The fourth-order valence-corrected chi connectivity index (χ4v) is 4.14. The van der Waals surface area contributed by atoms with Gasteiger partial charge in [-0.25, -0.2) is 0 Å². The summed E-state index contributed by atoms with van der Waals surface area (Å²) in [5.41, 5.74) is 1.02. The lowest BCUT2D eigenvalue weighted by Gasteiger charge is -2.39. The molecule has 1 aromatic carbocycles. The zero-order valence-electron chi connectivity index (χ0n) is 13.7. The fourth-order valence-electron chi connectivity index (χ4n) is 3.31. The van der Waals surface area contributed by atoms with Crippen LogP contribution in [0.4, 0.5) is 0 Å².